The molecule has 6 heteroatoms. The molecule has 1 atom stereocenters. The SMILES string of the molecule is Cc1cc(C(=O)NC(C)(CN)C2CC2)ccc1NC(=O)CC(C)C.Cl. The number of aryl methyl sites for hydroxylation is 1. The van der Waals surface area contributed by atoms with Crippen LogP contribution in [0.5, 0.6) is 0 Å². The van der Waals surface area contributed by atoms with Crippen LogP contribution < -0.4 is 16.4 Å². The van der Waals surface area contributed by atoms with Crippen molar-refractivity contribution in [3.63, 3.8) is 0 Å². The lowest BCUT2D eigenvalue weighted by molar-refractivity contribution is -0.116. The second-order valence-electron chi connectivity index (χ2n) is 7.53. The molecule has 0 saturated heterocycles. The molecule has 0 spiro atoms. The van der Waals surface area contributed by atoms with E-state index < -0.39 is 0 Å². The van der Waals surface area contributed by atoms with Crippen LogP contribution in [-0.2, 0) is 4.79 Å². The van der Waals surface area contributed by atoms with Crippen LogP contribution in [-0.4, -0.2) is 23.9 Å². The number of rotatable bonds is 7. The van der Waals surface area contributed by atoms with Crippen LogP contribution in [0.1, 0.15) is 56.0 Å². The van der Waals surface area contributed by atoms with Crippen molar-refractivity contribution in [2.75, 3.05) is 11.9 Å². The van der Waals surface area contributed by atoms with Crippen molar-refractivity contribution in [3.8, 4) is 0 Å². The second-order valence-corrected chi connectivity index (χ2v) is 7.53. The van der Waals surface area contributed by atoms with Gasteiger partial charge >= 0.3 is 0 Å². The third-order valence-electron chi connectivity index (χ3n) is 4.66. The number of hydrogen-bond acceptors (Lipinski definition) is 3. The molecule has 140 valence electrons. The van der Waals surface area contributed by atoms with Gasteiger partial charge in [-0.2, -0.15) is 0 Å². The quantitative estimate of drug-likeness (QED) is 0.691. The maximum absolute atomic E-state index is 12.5. The molecule has 2 amide bonds. The normalized spacial score (nSPS) is 15.9. The zero-order valence-electron chi connectivity index (χ0n) is 15.5. The molecule has 1 saturated carbocycles. The predicted octanol–water partition coefficient (Wildman–Crippen LogP) is 3.26. The fourth-order valence-electron chi connectivity index (χ4n) is 2.89. The average molecular weight is 368 g/mol. The summed E-state index contributed by atoms with van der Waals surface area (Å²) in [4.78, 5) is 24.4. The predicted molar refractivity (Wildman–Crippen MR) is 104 cm³/mol. The summed E-state index contributed by atoms with van der Waals surface area (Å²) in [5.41, 5.74) is 7.74. The van der Waals surface area contributed by atoms with Crippen LogP contribution >= 0.6 is 12.4 Å². The molecule has 0 aromatic heterocycles. The Morgan fingerprint density at radius 1 is 1.32 bits per heavy atom. The van der Waals surface area contributed by atoms with Gasteiger partial charge in [0.15, 0.2) is 0 Å². The Labute approximate surface area is 156 Å². The standard InChI is InChI=1S/C19H29N3O2.ClH/c1-12(2)9-17(23)21-16-8-5-14(10-13(16)3)18(24)22-19(4,11-20)15-6-7-15;/h5,8,10,12,15H,6-7,9,11,20H2,1-4H3,(H,21,23)(H,22,24);1H. The molecule has 0 bridgehead atoms. The number of hydrogen-bond donors (Lipinski definition) is 3. The molecule has 25 heavy (non-hydrogen) atoms. The molecule has 2 rings (SSSR count). The van der Waals surface area contributed by atoms with Crippen LogP contribution in [0.3, 0.4) is 0 Å². The first-order chi connectivity index (χ1) is 11.2. The minimum Gasteiger partial charge on any atom is -0.345 e. The number of anilines is 1. The summed E-state index contributed by atoms with van der Waals surface area (Å²) in [6.07, 6.45) is 2.72. The van der Waals surface area contributed by atoms with Crippen molar-refractivity contribution in [1.29, 1.82) is 0 Å². The molecule has 0 heterocycles. The summed E-state index contributed by atoms with van der Waals surface area (Å²) < 4.78 is 0. The van der Waals surface area contributed by atoms with Gasteiger partial charge in [-0.1, -0.05) is 13.8 Å². The Bertz CT molecular complexity index is 629. The summed E-state index contributed by atoms with van der Waals surface area (Å²) in [7, 11) is 0. The van der Waals surface area contributed by atoms with E-state index in [1.165, 1.54) is 0 Å². The van der Waals surface area contributed by atoms with E-state index >= 15 is 0 Å². The molecule has 1 aliphatic rings. The highest BCUT2D eigenvalue weighted by molar-refractivity contribution is 5.97. The van der Waals surface area contributed by atoms with Gasteiger partial charge in [-0.25, -0.2) is 0 Å². The van der Waals surface area contributed by atoms with Gasteiger partial charge in [0, 0.05) is 24.2 Å². The Hall–Kier alpha value is -1.59. The summed E-state index contributed by atoms with van der Waals surface area (Å²) in [5.74, 6) is 0.668. The molecule has 1 aliphatic carbocycles. The lowest BCUT2D eigenvalue weighted by atomic mass is 9.95. The van der Waals surface area contributed by atoms with Gasteiger partial charge in [-0.15, -0.1) is 12.4 Å². The minimum absolute atomic E-state index is 0. The molecule has 0 aliphatic heterocycles. The molecular formula is C19H30ClN3O2. The zero-order chi connectivity index (χ0) is 17.9. The highest BCUT2D eigenvalue weighted by Crippen LogP contribution is 2.39. The van der Waals surface area contributed by atoms with E-state index in [2.05, 4.69) is 10.6 Å². The summed E-state index contributed by atoms with van der Waals surface area (Å²) in [6, 6.07) is 5.35. The minimum atomic E-state index is -0.338. The van der Waals surface area contributed by atoms with E-state index in [-0.39, 0.29) is 29.8 Å². The number of halogens is 1. The van der Waals surface area contributed by atoms with Crippen molar-refractivity contribution < 1.29 is 9.59 Å². The first-order valence-electron chi connectivity index (χ1n) is 8.68. The second kappa shape index (κ2) is 8.68. The van der Waals surface area contributed by atoms with Gasteiger partial charge in [0.1, 0.15) is 0 Å². The molecule has 1 aromatic carbocycles. The van der Waals surface area contributed by atoms with Gasteiger partial charge in [0.25, 0.3) is 5.91 Å². The van der Waals surface area contributed by atoms with Crippen LogP contribution in [0.15, 0.2) is 18.2 Å². The molecule has 1 aromatic rings. The van der Waals surface area contributed by atoms with E-state index in [1.54, 1.807) is 12.1 Å². The maximum atomic E-state index is 12.5. The third-order valence-corrected chi connectivity index (χ3v) is 4.66. The van der Waals surface area contributed by atoms with Crippen molar-refractivity contribution in [3.05, 3.63) is 29.3 Å². The Morgan fingerprint density at radius 3 is 2.44 bits per heavy atom. The first-order valence-corrected chi connectivity index (χ1v) is 8.68. The summed E-state index contributed by atoms with van der Waals surface area (Å²) >= 11 is 0. The van der Waals surface area contributed by atoms with Gasteiger partial charge in [-0.05, 0) is 62.3 Å². The lowest BCUT2D eigenvalue weighted by Gasteiger charge is -2.29. The van der Waals surface area contributed by atoms with Crippen LogP contribution in [0, 0.1) is 18.8 Å². The highest BCUT2D eigenvalue weighted by atomic mass is 35.5. The topological polar surface area (TPSA) is 84.2 Å². The average Bonchev–Trinajstić information content (AvgIpc) is 3.33. The number of carbonyl (C=O) groups is 2. The Morgan fingerprint density at radius 2 is 1.96 bits per heavy atom. The number of nitrogens with one attached hydrogen (secondary N) is 2. The molecule has 5 nitrogen and oxygen atoms in total. The van der Waals surface area contributed by atoms with Crippen LogP contribution in [0.4, 0.5) is 5.69 Å². The van der Waals surface area contributed by atoms with E-state index in [0.717, 1.165) is 24.1 Å². The van der Waals surface area contributed by atoms with Crippen molar-refractivity contribution in [1.82, 2.24) is 5.32 Å². The fraction of sp³-hybridized carbons (Fsp3) is 0.579. The van der Waals surface area contributed by atoms with Crippen molar-refractivity contribution in [2.45, 2.75) is 52.5 Å². The van der Waals surface area contributed by atoms with Crippen molar-refractivity contribution in [2.24, 2.45) is 17.6 Å². The molecular weight excluding hydrogens is 338 g/mol. The highest BCUT2D eigenvalue weighted by Gasteiger charge is 2.41. The van der Waals surface area contributed by atoms with Crippen LogP contribution in [0.2, 0.25) is 0 Å². The zero-order valence-corrected chi connectivity index (χ0v) is 16.3. The number of benzene rings is 1. The van der Waals surface area contributed by atoms with E-state index in [0.29, 0.717) is 30.4 Å². The summed E-state index contributed by atoms with van der Waals surface area (Å²) in [6.45, 7) is 8.36. The van der Waals surface area contributed by atoms with Gasteiger partial charge < -0.3 is 16.4 Å². The lowest BCUT2D eigenvalue weighted by Crippen LogP contribution is -2.53. The molecule has 1 fully saturated rings. The fourth-order valence-corrected chi connectivity index (χ4v) is 2.89. The van der Waals surface area contributed by atoms with Gasteiger partial charge in [0.05, 0.1) is 5.54 Å². The smallest absolute Gasteiger partial charge is 0.251 e. The van der Waals surface area contributed by atoms with E-state index in [9.17, 15) is 9.59 Å². The summed E-state index contributed by atoms with van der Waals surface area (Å²) in [5, 5.41) is 5.99. The van der Waals surface area contributed by atoms with Gasteiger partial charge in [-0.3, -0.25) is 9.59 Å². The largest absolute Gasteiger partial charge is 0.345 e. The van der Waals surface area contributed by atoms with E-state index in [1.807, 2.05) is 33.8 Å². The Kier molecular flexibility index (Phi) is 7.44. The van der Waals surface area contributed by atoms with Gasteiger partial charge in [0.2, 0.25) is 5.91 Å². The Balaban J connectivity index is 0.00000312. The first kappa shape index (κ1) is 21.5. The van der Waals surface area contributed by atoms with Crippen molar-refractivity contribution >= 4 is 29.9 Å². The van der Waals surface area contributed by atoms with Crippen LogP contribution in [0.25, 0.3) is 0 Å². The number of amides is 2. The van der Waals surface area contributed by atoms with E-state index in [4.69, 9.17) is 5.73 Å². The molecule has 4 N–H and O–H groups in total. The monoisotopic (exact) mass is 367 g/mol. The third kappa shape index (κ3) is 5.72. The molecule has 0 radical (unpaired) electrons. The maximum Gasteiger partial charge on any atom is 0.251 e. The number of nitrogens with two attached hydrogens (primary N) is 1. The number of carbonyl (C=O) groups excluding carboxylic acids is 2. The molecule has 1 unspecified atom stereocenters.